The summed E-state index contributed by atoms with van der Waals surface area (Å²) >= 11 is 8.43. The minimum Gasteiger partial charge on any atom is -0.502 e. The number of halogens is 1. The lowest BCUT2D eigenvalue weighted by molar-refractivity contribution is -0.385. The highest BCUT2D eigenvalue weighted by atomic mass is 79.9. The van der Waals surface area contributed by atoms with Crippen LogP contribution in [0.3, 0.4) is 0 Å². The fourth-order valence-electron chi connectivity index (χ4n) is 1.66. The number of hydrogen-bond acceptors (Lipinski definition) is 5. The number of thiocarbonyl (C=S) groups is 1. The third-order valence-electron chi connectivity index (χ3n) is 2.66. The number of nitro groups is 1. The molecule has 0 saturated carbocycles. The Morgan fingerprint density at radius 3 is 2.83 bits per heavy atom. The molecule has 118 valence electrons. The predicted octanol–water partition coefficient (Wildman–Crippen LogP) is 3.38. The van der Waals surface area contributed by atoms with E-state index in [1.54, 1.807) is 0 Å². The molecule has 3 N–H and O–H groups in total. The van der Waals surface area contributed by atoms with Crippen molar-refractivity contribution in [3.05, 3.63) is 62.6 Å². The van der Waals surface area contributed by atoms with Gasteiger partial charge in [0.2, 0.25) is 0 Å². The highest BCUT2D eigenvalue weighted by Crippen LogP contribution is 2.25. The molecule has 7 nitrogen and oxygen atoms in total. The van der Waals surface area contributed by atoms with Crippen molar-refractivity contribution in [3.8, 4) is 5.75 Å². The van der Waals surface area contributed by atoms with Crippen molar-refractivity contribution in [2.24, 2.45) is 5.10 Å². The molecule has 0 radical (unpaired) electrons. The van der Waals surface area contributed by atoms with Crippen LogP contribution in [0.15, 0.2) is 52.0 Å². The maximum atomic E-state index is 10.7. The van der Waals surface area contributed by atoms with Gasteiger partial charge in [0, 0.05) is 21.8 Å². The average molecular weight is 395 g/mol. The molecule has 0 bridgehead atoms. The Hall–Kier alpha value is -2.52. The molecule has 0 spiro atoms. The number of phenols is 1. The van der Waals surface area contributed by atoms with Crippen LogP contribution in [0.4, 0.5) is 11.4 Å². The summed E-state index contributed by atoms with van der Waals surface area (Å²) in [5.74, 6) is -0.396. The third kappa shape index (κ3) is 5.01. The van der Waals surface area contributed by atoms with Gasteiger partial charge in [0.1, 0.15) is 0 Å². The quantitative estimate of drug-likeness (QED) is 0.318. The lowest BCUT2D eigenvalue weighted by Gasteiger charge is -2.07. The molecule has 2 aromatic rings. The smallest absolute Gasteiger partial charge is 0.311 e. The van der Waals surface area contributed by atoms with E-state index in [4.69, 9.17) is 12.2 Å². The van der Waals surface area contributed by atoms with Crippen LogP contribution in [-0.4, -0.2) is 21.4 Å². The lowest BCUT2D eigenvalue weighted by atomic mass is 10.2. The van der Waals surface area contributed by atoms with Crippen molar-refractivity contribution in [1.29, 1.82) is 0 Å². The molecular formula is C14H11BrN4O3S. The molecule has 0 aliphatic carbocycles. The molecule has 0 heterocycles. The summed E-state index contributed by atoms with van der Waals surface area (Å²) in [5.41, 5.74) is 3.45. The number of nitrogens with one attached hydrogen (secondary N) is 2. The molecule has 2 rings (SSSR count). The van der Waals surface area contributed by atoms with E-state index in [0.29, 0.717) is 5.56 Å². The molecule has 0 aliphatic rings. The van der Waals surface area contributed by atoms with E-state index in [-0.39, 0.29) is 10.8 Å². The van der Waals surface area contributed by atoms with Gasteiger partial charge in [-0.1, -0.05) is 22.0 Å². The summed E-state index contributed by atoms with van der Waals surface area (Å²) in [4.78, 5) is 10.1. The molecule has 0 saturated heterocycles. The molecule has 0 fully saturated rings. The molecule has 0 amide bonds. The number of hydrogen-bond donors (Lipinski definition) is 3. The zero-order valence-electron chi connectivity index (χ0n) is 11.6. The first kappa shape index (κ1) is 16.8. The molecule has 23 heavy (non-hydrogen) atoms. The predicted molar refractivity (Wildman–Crippen MR) is 95.9 cm³/mol. The molecule has 0 unspecified atom stereocenters. The summed E-state index contributed by atoms with van der Waals surface area (Å²) in [6.07, 6.45) is 1.36. The Labute approximate surface area is 145 Å². The molecule has 9 heteroatoms. The van der Waals surface area contributed by atoms with E-state index >= 15 is 0 Å². The van der Waals surface area contributed by atoms with Crippen molar-refractivity contribution in [3.63, 3.8) is 0 Å². The van der Waals surface area contributed by atoms with Gasteiger partial charge in [0.25, 0.3) is 0 Å². The van der Waals surface area contributed by atoms with Gasteiger partial charge < -0.3 is 10.4 Å². The number of nitro benzene ring substituents is 1. The zero-order valence-corrected chi connectivity index (χ0v) is 14.0. The van der Waals surface area contributed by atoms with Crippen molar-refractivity contribution in [1.82, 2.24) is 5.43 Å². The van der Waals surface area contributed by atoms with Crippen LogP contribution in [0.1, 0.15) is 5.56 Å². The second-order valence-electron chi connectivity index (χ2n) is 4.34. The van der Waals surface area contributed by atoms with E-state index in [9.17, 15) is 15.2 Å². The number of hydrazone groups is 1. The summed E-state index contributed by atoms with van der Waals surface area (Å²) in [6, 6.07) is 11.4. The largest absolute Gasteiger partial charge is 0.502 e. The van der Waals surface area contributed by atoms with E-state index in [1.165, 1.54) is 24.4 Å². The van der Waals surface area contributed by atoms with Crippen LogP contribution >= 0.6 is 28.1 Å². The first-order valence-electron chi connectivity index (χ1n) is 6.29. The van der Waals surface area contributed by atoms with Crippen molar-refractivity contribution in [2.45, 2.75) is 0 Å². The Bertz CT molecular complexity index is 782. The average Bonchev–Trinajstić information content (AvgIpc) is 2.48. The Balaban J connectivity index is 1.97. The van der Waals surface area contributed by atoms with E-state index in [0.717, 1.165) is 10.2 Å². The highest BCUT2D eigenvalue weighted by Gasteiger charge is 2.12. The number of benzene rings is 2. The maximum Gasteiger partial charge on any atom is 0.311 e. The van der Waals surface area contributed by atoms with Crippen molar-refractivity contribution in [2.75, 3.05) is 5.32 Å². The Morgan fingerprint density at radius 1 is 1.35 bits per heavy atom. The van der Waals surface area contributed by atoms with Crippen LogP contribution in [0, 0.1) is 10.1 Å². The Kier molecular flexibility index (Phi) is 5.61. The van der Waals surface area contributed by atoms with Crippen LogP contribution in [0.2, 0.25) is 0 Å². The number of rotatable bonds is 4. The molecule has 0 aromatic heterocycles. The number of phenolic OH excluding ortho intramolecular Hbond substituents is 1. The summed E-state index contributed by atoms with van der Waals surface area (Å²) < 4.78 is 0.908. The second kappa shape index (κ2) is 7.65. The fraction of sp³-hybridized carbons (Fsp3) is 0. The molecule has 0 atom stereocenters. The first-order chi connectivity index (χ1) is 11.0. The number of anilines is 1. The minimum absolute atomic E-state index is 0.271. The van der Waals surface area contributed by atoms with Crippen LogP contribution in [0.5, 0.6) is 5.75 Å². The van der Waals surface area contributed by atoms with Gasteiger partial charge in [-0.3, -0.25) is 15.5 Å². The van der Waals surface area contributed by atoms with Crippen LogP contribution in [0.25, 0.3) is 0 Å². The van der Waals surface area contributed by atoms with Gasteiger partial charge in [0.15, 0.2) is 10.9 Å². The van der Waals surface area contributed by atoms with Gasteiger partial charge in [0.05, 0.1) is 11.1 Å². The van der Waals surface area contributed by atoms with Gasteiger partial charge in [-0.25, -0.2) is 0 Å². The number of aromatic hydroxyl groups is 1. The van der Waals surface area contributed by atoms with E-state index < -0.39 is 10.7 Å². The Morgan fingerprint density at radius 2 is 2.13 bits per heavy atom. The third-order valence-corrected chi connectivity index (χ3v) is 3.34. The standard InChI is InChI=1S/C14H11BrN4O3S/c15-10-2-1-3-11(7-10)17-14(23)18-16-8-9-4-5-13(20)12(6-9)19(21)22/h1-8,20H,(H2,17,18,23)/b16-8+. The summed E-state index contributed by atoms with van der Waals surface area (Å²) in [7, 11) is 0. The molecule has 2 aromatic carbocycles. The SMILES string of the molecule is O=[N+]([O-])c1cc(/C=N/NC(=S)Nc2cccc(Br)c2)ccc1O. The molecular weight excluding hydrogens is 384 g/mol. The van der Waals surface area contributed by atoms with Crippen molar-refractivity contribution >= 4 is 50.8 Å². The van der Waals surface area contributed by atoms with Crippen LogP contribution in [-0.2, 0) is 0 Å². The maximum absolute atomic E-state index is 10.7. The van der Waals surface area contributed by atoms with Gasteiger partial charge in [-0.05, 0) is 42.5 Å². The van der Waals surface area contributed by atoms with E-state index in [2.05, 4.69) is 31.8 Å². The normalized spacial score (nSPS) is 10.5. The first-order valence-corrected chi connectivity index (χ1v) is 7.49. The molecule has 0 aliphatic heterocycles. The van der Waals surface area contributed by atoms with Gasteiger partial charge in [-0.2, -0.15) is 5.10 Å². The van der Waals surface area contributed by atoms with Gasteiger partial charge >= 0.3 is 5.69 Å². The van der Waals surface area contributed by atoms with Crippen molar-refractivity contribution < 1.29 is 10.0 Å². The van der Waals surface area contributed by atoms with Gasteiger partial charge in [-0.15, -0.1) is 0 Å². The van der Waals surface area contributed by atoms with E-state index in [1.807, 2.05) is 24.3 Å². The van der Waals surface area contributed by atoms with Crippen LogP contribution < -0.4 is 10.7 Å². The summed E-state index contributed by atoms with van der Waals surface area (Å²) in [5, 5.41) is 27.2. The minimum atomic E-state index is -0.667. The monoisotopic (exact) mass is 394 g/mol. The summed E-state index contributed by atoms with van der Waals surface area (Å²) in [6.45, 7) is 0. The zero-order chi connectivity index (χ0) is 16.8. The fourth-order valence-corrected chi connectivity index (χ4v) is 2.23. The lowest BCUT2D eigenvalue weighted by Crippen LogP contribution is -2.23. The topological polar surface area (TPSA) is 99.8 Å². The second-order valence-corrected chi connectivity index (χ2v) is 5.66. The highest BCUT2D eigenvalue weighted by molar-refractivity contribution is 9.10. The number of nitrogens with zero attached hydrogens (tertiary/aromatic N) is 2.